The fraction of sp³-hybridized carbons (Fsp3) is 0.955. The van der Waals surface area contributed by atoms with E-state index in [0.717, 1.165) is 25.4 Å². The number of nitrogens with zero attached hydrogens (tertiary/aromatic N) is 1. The van der Waals surface area contributed by atoms with Crippen LogP contribution in [0.25, 0.3) is 0 Å². The molecule has 1 amide bonds. The molecule has 4 N–H and O–H groups in total. The summed E-state index contributed by atoms with van der Waals surface area (Å²) in [5, 5.41) is 10.9. The van der Waals surface area contributed by atoms with Gasteiger partial charge in [0, 0.05) is 22.1 Å². The van der Waals surface area contributed by atoms with Gasteiger partial charge in [-0.1, -0.05) is 46.5 Å². The van der Waals surface area contributed by atoms with Crippen molar-refractivity contribution in [3.05, 3.63) is 0 Å². The monoisotopic (exact) mass is 423 g/mol. The van der Waals surface area contributed by atoms with E-state index in [-0.39, 0.29) is 7.52 Å². The minimum atomic E-state index is -0.667. The lowest BCUT2D eigenvalue weighted by atomic mass is 10.1. The number of unbranched alkanes of at least 4 members (excludes halogenated alkanes) is 1. The Morgan fingerprint density at radius 1 is 1.34 bits per heavy atom. The van der Waals surface area contributed by atoms with Crippen LogP contribution in [0, 0.1) is 5.92 Å². The van der Waals surface area contributed by atoms with Gasteiger partial charge in [0.1, 0.15) is 5.60 Å². The average Bonchev–Trinajstić information content (AvgIpc) is 3.42. The second-order valence-corrected chi connectivity index (χ2v) is 8.12. The van der Waals surface area contributed by atoms with E-state index in [1.54, 1.807) is 19.1 Å². The van der Waals surface area contributed by atoms with E-state index < -0.39 is 11.8 Å². The third-order valence-corrected chi connectivity index (χ3v) is 3.52. The van der Waals surface area contributed by atoms with E-state index in [2.05, 4.69) is 31.8 Å². The van der Waals surface area contributed by atoms with Gasteiger partial charge in [0.2, 0.25) is 0 Å². The van der Waals surface area contributed by atoms with Crippen molar-refractivity contribution in [2.75, 3.05) is 40.9 Å². The molecule has 0 heterocycles. The lowest BCUT2D eigenvalue weighted by molar-refractivity contribution is -0.0305. The molecule has 7 heteroatoms. The Labute approximate surface area is 182 Å². The van der Waals surface area contributed by atoms with Crippen LogP contribution in [0.2, 0.25) is 0 Å². The van der Waals surface area contributed by atoms with Gasteiger partial charge in [0.05, 0.1) is 12.8 Å². The molecule has 1 rings (SSSR count). The first-order valence-electron chi connectivity index (χ1n) is 11.0. The molecule has 180 valence electrons. The third-order valence-electron chi connectivity index (χ3n) is 3.52. The van der Waals surface area contributed by atoms with Gasteiger partial charge in [-0.25, -0.2) is 4.79 Å². The van der Waals surface area contributed by atoms with Crippen molar-refractivity contribution in [1.29, 1.82) is 0 Å². The van der Waals surface area contributed by atoms with Crippen molar-refractivity contribution in [3.63, 3.8) is 0 Å². The van der Waals surface area contributed by atoms with Crippen molar-refractivity contribution >= 4 is 6.09 Å². The van der Waals surface area contributed by atoms with Crippen LogP contribution in [0.4, 0.5) is 4.79 Å². The Kier molecular flexibility index (Phi) is 24.6. The van der Waals surface area contributed by atoms with Gasteiger partial charge in [0.15, 0.2) is 0 Å². The number of hydrogen-bond acceptors (Lipinski definition) is 6. The zero-order valence-electron chi connectivity index (χ0n) is 20.7. The number of ether oxygens (including phenoxy) is 2. The topological polar surface area (TPSA) is 97.0 Å². The van der Waals surface area contributed by atoms with E-state index in [1.807, 2.05) is 20.9 Å². The van der Waals surface area contributed by atoms with Crippen molar-refractivity contribution in [2.45, 2.75) is 91.9 Å². The molecule has 7 nitrogen and oxygen atoms in total. The number of methoxy groups -OCH3 is 1. The maximum atomic E-state index is 11.7. The fourth-order valence-electron chi connectivity index (χ4n) is 1.92. The molecule has 1 atom stereocenters. The minimum Gasteiger partial charge on any atom is -0.441 e. The summed E-state index contributed by atoms with van der Waals surface area (Å²) in [5.41, 5.74) is 4.11. The van der Waals surface area contributed by atoms with Gasteiger partial charge >= 0.3 is 6.09 Å². The summed E-state index contributed by atoms with van der Waals surface area (Å²) >= 11 is 0. The molecule has 1 unspecified atom stereocenters. The van der Waals surface area contributed by atoms with Crippen LogP contribution in [0.3, 0.4) is 0 Å². The van der Waals surface area contributed by atoms with Gasteiger partial charge < -0.3 is 30.5 Å². The van der Waals surface area contributed by atoms with E-state index in [9.17, 15) is 4.79 Å². The zero-order valence-corrected chi connectivity index (χ0v) is 20.7. The van der Waals surface area contributed by atoms with Gasteiger partial charge in [-0.3, -0.25) is 0 Å². The molecule has 0 aromatic carbocycles. The number of hydrogen-bond donors (Lipinski definition) is 3. The van der Waals surface area contributed by atoms with E-state index in [0.29, 0.717) is 6.61 Å². The van der Waals surface area contributed by atoms with Crippen LogP contribution >= 0.6 is 0 Å². The standard InChI is InChI=1S/C12H23NO3.C5H13N.C3H8.C2H7NO.H2/c1-12(2,9-15-4)16-11(14)13(3)8-7-10-5-6-10;1-3-4-5-6-2;1-3-2;1-2(3)4;/h10H,5-9H2,1-4H3;6H,3-5H2,1-2H3;3H2,1-2H3;2,4H,3H2,1H3;1H. The third kappa shape index (κ3) is 32.0. The van der Waals surface area contributed by atoms with Gasteiger partial charge in [-0.15, -0.1) is 0 Å². The summed E-state index contributed by atoms with van der Waals surface area (Å²) in [7, 11) is 5.37. The zero-order chi connectivity index (χ0) is 23.3. The number of carbonyl (C=O) groups is 1. The van der Waals surface area contributed by atoms with E-state index in [1.165, 1.54) is 39.0 Å². The lowest BCUT2D eigenvalue weighted by Crippen LogP contribution is -2.39. The first kappa shape index (κ1) is 32.8. The van der Waals surface area contributed by atoms with Crippen molar-refractivity contribution < 1.29 is 20.8 Å². The smallest absolute Gasteiger partial charge is 0.410 e. The molecule has 0 aromatic rings. The minimum absolute atomic E-state index is 0. The first-order valence-corrected chi connectivity index (χ1v) is 11.0. The predicted octanol–water partition coefficient (Wildman–Crippen LogP) is 4.23. The number of nitrogens with two attached hydrogens (primary N) is 1. The molecule has 1 aliphatic rings. The van der Waals surface area contributed by atoms with Gasteiger partial charge in [-0.2, -0.15) is 0 Å². The average molecular weight is 424 g/mol. The van der Waals surface area contributed by atoms with Crippen LogP contribution in [-0.4, -0.2) is 68.8 Å². The SMILES string of the molecule is CC(N)O.CCC.CCCCNC.COCC(C)(C)OC(=O)N(C)CCC1CC1.[HH]. The highest BCUT2D eigenvalue weighted by Gasteiger charge is 2.26. The molecule has 1 aliphatic carbocycles. The molecule has 0 radical (unpaired) electrons. The highest BCUT2D eigenvalue weighted by atomic mass is 16.6. The van der Waals surface area contributed by atoms with Gasteiger partial charge in [-0.05, 0) is 53.1 Å². The molecular formula is C22H53N3O4. The summed E-state index contributed by atoms with van der Waals surface area (Å²) in [6.45, 7) is 14.0. The molecule has 0 aliphatic heterocycles. The molecular weight excluding hydrogens is 370 g/mol. The van der Waals surface area contributed by atoms with Crippen molar-refractivity contribution in [3.8, 4) is 0 Å². The van der Waals surface area contributed by atoms with E-state index >= 15 is 0 Å². The molecule has 0 aromatic heterocycles. The van der Waals surface area contributed by atoms with Crippen LogP contribution < -0.4 is 11.1 Å². The second kappa shape index (κ2) is 21.8. The molecule has 0 bridgehead atoms. The Morgan fingerprint density at radius 2 is 1.83 bits per heavy atom. The Balaban J connectivity index is -0.000000200. The fourth-order valence-corrected chi connectivity index (χ4v) is 1.92. The Bertz CT molecular complexity index is 349. The van der Waals surface area contributed by atoms with Gasteiger partial charge in [0.25, 0.3) is 0 Å². The number of rotatable bonds is 9. The quantitative estimate of drug-likeness (QED) is 0.379. The maximum Gasteiger partial charge on any atom is 0.410 e. The van der Waals surface area contributed by atoms with Crippen LogP contribution in [0.1, 0.15) is 81.5 Å². The normalized spacial score (nSPS) is 13.5. The predicted molar refractivity (Wildman–Crippen MR) is 125 cm³/mol. The Morgan fingerprint density at radius 3 is 2.14 bits per heavy atom. The summed E-state index contributed by atoms with van der Waals surface area (Å²) in [4.78, 5) is 13.4. The largest absolute Gasteiger partial charge is 0.441 e. The van der Waals surface area contributed by atoms with Crippen LogP contribution in [0.5, 0.6) is 0 Å². The second-order valence-electron chi connectivity index (χ2n) is 8.12. The number of amides is 1. The first-order chi connectivity index (χ1) is 13.5. The van der Waals surface area contributed by atoms with Crippen molar-refractivity contribution in [1.82, 2.24) is 10.2 Å². The number of nitrogens with one attached hydrogen (secondary N) is 1. The lowest BCUT2D eigenvalue weighted by Gasteiger charge is -2.27. The van der Waals surface area contributed by atoms with Crippen LogP contribution in [-0.2, 0) is 9.47 Å². The van der Waals surface area contributed by atoms with E-state index in [4.69, 9.17) is 14.6 Å². The van der Waals surface area contributed by atoms with Crippen LogP contribution in [0.15, 0.2) is 0 Å². The summed E-state index contributed by atoms with van der Waals surface area (Å²) in [5.74, 6) is 0.835. The number of aliphatic hydroxyl groups excluding tert-OH is 1. The summed E-state index contributed by atoms with van der Waals surface area (Å²) < 4.78 is 10.4. The highest BCUT2D eigenvalue weighted by Crippen LogP contribution is 2.32. The summed E-state index contributed by atoms with van der Waals surface area (Å²) in [6, 6.07) is 0. The number of aliphatic hydroxyl groups is 1. The molecule has 0 saturated heterocycles. The number of carbonyl (C=O) groups excluding carboxylic acids is 1. The highest BCUT2D eigenvalue weighted by molar-refractivity contribution is 5.67. The molecule has 1 saturated carbocycles. The molecule has 1 fully saturated rings. The molecule has 0 spiro atoms. The molecule has 29 heavy (non-hydrogen) atoms. The van der Waals surface area contributed by atoms with Crippen molar-refractivity contribution in [2.24, 2.45) is 11.7 Å². The summed E-state index contributed by atoms with van der Waals surface area (Å²) in [6.07, 6.45) is 6.65. The Hall–Kier alpha value is -0.890. The maximum absolute atomic E-state index is 11.7.